The van der Waals surface area contributed by atoms with Gasteiger partial charge >= 0.3 is 0 Å². The summed E-state index contributed by atoms with van der Waals surface area (Å²) >= 11 is 0. The van der Waals surface area contributed by atoms with Crippen LogP contribution in [0.3, 0.4) is 0 Å². The topological polar surface area (TPSA) is 38.0 Å². The van der Waals surface area contributed by atoms with Gasteiger partial charge in [-0.2, -0.15) is 5.10 Å². The van der Waals surface area contributed by atoms with E-state index in [0.717, 1.165) is 11.3 Å². The van der Waals surface area contributed by atoms with Crippen LogP contribution in [0.2, 0.25) is 0 Å². The van der Waals surface area contributed by atoms with Gasteiger partial charge in [0.05, 0.1) is 5.69 Å². The summed E-state index contributed by atoms with van der Waals surface area (Å²) in [6, 6.07) is 9.04. The van der Waals surface area contributed by atoms with Crippen molar-refractivity contribution < 1.29 is 5.11 Å². The fourth-order valence-electron chi connectivity index (χ4n) is 1.25. The molecule has 1 heterocycles. The second-order valence-electron chi connectivity index (χ2n) is 2.89. The third-order valence-corrected chi connectivity index (χ3v) is 1.89. The molecule has 1 aromatic carbocycles. The number of phenols is 1. The molecule has 0 aliphatic heterocycles. The first-order valence-corrected chi connectivity index (χ1v) is 4.05. The van der Waals surface area contributed by atoms with Crippen LogP contribution < -0.4 is 0 Å². The summed E-state index contributed by atoms with van der Waals surface area (Å²) in [5.41, 5.74) is 1.56. The highest BCUT2D eigenvalue weighted by molar-refractivity contribution is 5.65. The minimum Gasteiger partial charge on any atom is -0.507 e. The summed E-state index contributed by atoms with van der Waals surface area (Å²) in [5, 5.41) is 13.7. The van der Waals surface area contributed by atoms with Crippen LogP contribution >= 0.6 is 0 Å². The van der Waals surface area contributed by atoms with Crippen LogP contribution in [-0.2, 0) is 7.05 Å². The molecule has 1 aromatic heterocycles. The number of aromatic hydroxyl groups is 1. The predicted molar refractivity (Wildman–Crippen MR) is 50.3 cm³/mol. The normalized spacial score (nSPS) is 10.2. The number of para-hydroxylation sites is 1. The maximum Gasteiger partial charge on any atom is 0.125 e. The third kappa shape index (κ3) is 1.40. The summed E-state index contributed by atoms with van der Waals surface area (Å²) in [6.45, 7) is 0. The number of phenolic OH excluding ortho intramolecular Hbond substituents is 1. The van der Waals surface area contributed by atoms with Crippen LogP contribution in [-0.4, -0.2) is 14.9 Å². The molecular formula is C10H10N2O. The van der Waals surface area contributed by atoms with Gasteiger partial charge in [0.25, 0.3) is 0 Å². The number of rotatable bonds is 1. The Morgan fingerprint density at radius 3 is 2.62 bits per heavy atom. The van der Waals surface area contributed by atoms with Crippen LogP contribution in [0.4, 0.5) is 0 Å². The number of benzene rings is 1. The average Bonchev–Trinajstić information content (AvgIpc) is 2.53. The highest BCUT2D eigenvalue weighted by atomic mass is 16.3. The number of hydrogen-bond acceptors (Lipinski definition) is 2. The van der Waals surface area contributed by atoms with Crippen molar-refractivity contribution in [2.75, 3.05) is 0 Å². The summed E-state index contributed by atoms with van der Waals surface area (Å²) < 4.78 is 1.71. The smallest absolute Gasteiger partial charge is 0.125 e. The maximum absolute atomic E-state index is 9.52. The summed E-state index contributed by atoms with van der Waals surface area (Å²) in [5.74, 6) is 0.265. The zero-order valence-electron chi connectivity index (χ0n) is 7.31. The van der Waals surface area contributed by atoms with E-state index in [1.807, 2.05) is 31.4 Å². The highest BCUT2D eigenvalue weighted by Gasteiger charge is 2.04. The molecule has 3 nitrogen and oxygen atoms in total. The highest BCUT2D eigenvalue weighted by Crippen LogP contribution is 2.26. The van der Waals surface area contributed by atoms with E-state index in [-0.39, 0.29) is 5.75 Å². The lowest BCUT2D eigenvalue weighted by Crippen LogP contribution is -1.87. The van der Waals surface area contributed by atoms with Gasteiger partial charge < -0.3 is 5.11 Å². The summed E-state index contributed by atoms with van der Waals surface area (Å²) in [7, 11) is 1.85. The summed E-state index contributed by atoms with van der Waals surface area (Å²) in [4.78, 5) is 0. The minimum absolute atomic E-state index is 0.265. The Morgan fingerprint density at radius 1 is 1.23 bits per heavy atom. The molecule has 0 atom stereocenters. The lowest BCUT2D eigenvalue weighted by atomic mass is 10.1. The molecular weight excluding hydrogens is 164 g/mol. The van der Waals surface area contributed by atoms with Gasteiger partial charge in [-0.05, 0) is 18.2 Å². The molecule has 0 saturated heterocycles. The average molecular weight is 174 g/mol. The number of hydrogen-bond donors (Lipinski definition) is 1. The second kappa shape index (κ2) is 2.94. The van der Waals surface area contributed by atoms with Crippen LogP contribution in [0.15, 0.2) is 36.5 Å². The van der Waals surface area contributed by atoms with Crippen molar-refractivity contribution in [3.05, 3.63) is 36.5 Å². The van der Waals surface area contributed by atoms with Gasteiger partial charge in [-0.15, -0.1) is 0 Å². The van der Waals surface area contributed by atoms with Gasteiger partial charge in [0.15, 0.2) is 0 Å². The Kier molecular flexibility index (Phi) is 1.77. The molecule has 2 rings (SSSR count). The molecule has 3 heteroatoms. The SMILES string of the molecule is Cn1ccc(-c2ccccc2O)n1. The molecule has 0 aliphatic rings. The number of aromatic nitrogens is 2. The van der Waals surface area contributed by atoms with Gasteiger partial charge in [-0.1, -0.05) is 12.1 Å². The minimum atomic E-state index is 0.265. The largest absolute Gasteiger partial charge is 0.507 e. The Hall–Kier alpha value is -1.77. The Morgan fingerprint density at radius 2 is 2.00 bits per heavy atom. The van der Waals surface area contributed by atoms with E-state index in [4.69, 9.17) is 0 Å². The van der Waals surface area contributed by atoms with Crippen LogP contribution in [0.25, 0.3) is 11.3 Å². The van der Waals surface area contributed by atoms with Crippen molar-refractivity contribution in [1.29, 1.82) is 0 Å². The summed E-state index contributed by atoms with van der Waals surface area (Å²) in [6.07, 6.45) is 1.85. The Labute approximate surface area is 76.3 Å². The van der Waals surface area contributed by atoms with E-state index in [0.29, 0.717) is 0 Å². The first kappa shape index (κ1) is 7.86. The van der Waals surface area contributed by atoms with Crippen LogP contribution in [0.5, 0.6) is 5.75 Å². The maximum atomic E-state index is 9.52. The van der Waals surface area contributed by atoms with Gasteiger partial charge in [0.2, 0.25) is 0 Å². The fourth-order valence-corrected chi connectivity index (χ4v) is 1.25. The van der Waals surface area contributed by atoms with E-state index in [9.17, 15) is 5.11 Å². The Bertz CT molecular complexity index is 420. The van der Waals surface area contributed by atoms with Gasteiger partial charge in [0.1, 0.15) is 5.75 Å². The number of nitrogens with zero attached hydrogens (tertiary/aromatic N) is 2. The second-order valence-corrected chi connectivity index (χ2v) is 2.89. The number of aryl methyl sites for hydroxylation is 1. The molecule has 0 fully saturated rings. The van der Waals surface area contributed by atoms with Crippen molar-refractivity contribution in [1.82, 2.24) is 9.78 Å². The molecule has 66 valence electrons. The van der Waals surface area contributed by atoms with Crippen molar-refractivity contribution in [2.45, 2.75) is 0 Å². The van der Waals surface area contributed by atoms with Crippen LogP contribution in [0, 0.1) is 0 Å². The van der Waals surface area contributed by atoms with Crippen molar-refractivity contribution in [3.8, 4) is 17.0 Å². The van der Waals surface area contributed by atoms with Gasteiger partial charge in [-0.3, -0.25) is 4.68 Å². The van der Waals surface area contributed by atoms with Gasteiger partial charge in [-0.25, -0.2) is 0 Å². The van der Waals surface area contributed by atoms with E-state index >= 15 is 0 Å². The molecule has 0 amide bonds. The monoisotopic (exact) mass is 174 g/mol. The van der Waals surface area contributed by atoms with E-state index in [1.165, 1.54) is 0 Å². The lowest BCUT2D eigenvalue weighted by molar-refractivity contribution is 0.477. The zero-order chi connectivity index (χ0) is 9.26. The Balaban J connectivity index is 2.52. The van der Waals surface area contributed by atoms with Crippen molar-refractivity contribution >= 4 is 0 Å². The lowest BCUT2D eigenvalue weighted by Gasteiger charge is -1.98. The van der Waals surface area contributed by atoms with Gasteiger partial charge in [0, 0.05) is 18.8 Å². The molecule has 13 heavy (non-hydrogen) atoms. The molecule has 0 aliphatic carbocycles. The molecule has 0 radical (unpaired) electrons. The first-order valence-electron chi connectivity index (χ1n) is 4.05. The van der Waals surface area contributed by atoms with E-state index < -0.39 is 0 Å². The molecule has 0 spiro atoms. The van der Waals surface area contributed by atoms with Crippen LogP contribution in [0.1, 0.15) is 0 Å². The van der Waals surface area contributed by atoms with Crippen molar-refractivity contribution in [2.24, 2.45) is 7.05 Å². The zero-order valence-corrected chi connectivity index (χ0v) is 7.31. The molecule has 0 bridgehead atoms. The van der Waals surface area contributed by atoms with Crippen molar-refractivity contribution in [3.63, 3.8) is 0 Å². The first-order chi connectivity index (χ1) is 6.27. The molecule has 0 saturated carbocycles. The third-order valence-electron chi connectivity index (χ3n) is 1.89. The van der Waals surface area contributed by atoms with E-state index in [2.05, 4.69) is 5.10 Å². The van der Waals surface area contributed by atoms with E-state index in [1.54, 1.807) is 16.8 Å². The molecule has 2 aromatic rings. The standard InChI is InChI=1S/C10H10N2O/c1-12-7-6-9(11-12)8-4-2-3-5-10(8)13/h2-7,13H,1H3. The molecule has 0 unspecified atom stereocenters. The quantitative estimate of drug-likeness (QED) is 0.715. The predicted octanol–water partition coefficient (Wildman–Crippen LogP) is 1.79. The fraction of sp³-hybridized carbons (Fsp3) is 0.100. The molecule has 1 N–H and O–H groups in total.